The van der Waals surface area contributed by atoms with Crippen LogP contribution in [0.25, 0.3) is 11.3 Å². The first-order valence-electron chi connectivity index (χ1n) is 11.3. The molecule has 2 aromatic carbocycles. The summed E-state index contributed by atoms with van der Waals surface area (Å²) < 4.78 is 33.5. The first kappa shape index (κ1) is 23.4. The van der Waals surface area contributed by atoms with Crippen LogP contribution in [0.5, 0.6) is 0 Å². The maximum atomic E-state index is 13.6. The van der Waals surface area contributed by atoms with E-state index in [1.807, 2.05) is 37.3 Å². The molecule has 0 saturated heterocycles. The number of aryl methyl sites for hydroxylation is 1. The fourth-order valence-electron chi connectivity index (χ4n) is 4.14. The molecule has 0 spiro atoms. The molecule has 1 N–H and O–H groups in total. The number of ether oxygens (including phenoxy) is 1. The van der Waals surface area contributed by atoms with Crippen molar-refractivity contribution < 1.29 is 17.9 Å². The van der Waals surface area contributed by atoms with Crippen molar-refractivity contribution in [3.63, 3.8) is 0 Å². The summed E-state index contributed by atoms with van der Waals surface area (Å²) in [5, 5.41) is 12.4. The standard InChI is InChI=1S/C25H24N4O4S2/c1-3-33-25(30)23-19-13-14-20-21(22(19)26-27-23)24(34-15-17-7-5-4-6-8-17)28-29(20)35(31,32)18-11-9-16(2)10-12-18/h4-12H,3,13-15H2,1-2H3,(H,26,27). The lowest BCUT2D eigenvalue weighted by atomic mass is 9.94. The number of benzene rings is 2. The van der Waals surface area contributed by atoms with Gasteiger partial charge in [-0.15, -0.1) is 0 Å². The van der Waals surface area contributed by atoms with E-state index in [0.717, 1.165) is 20.8 Å². The molecule has 0 amide bonds. The fourth-order valence-corrected chi connectivity index (χ4v) is 6.52. The molecule has 1 aliphatic rings. The minimum atomic E-state index is -3.92. The number of hydrogen-bond acceptors (Lipinski definition) is 7. The molecule has 180 valence electrons. The van der Waals surface area contributed by atoms with Crippen molar-refractivity contribution in [2.75, 3.05) is 6.61 Å². The van der Waals surface area contributed by atoms with E-state index in [0.29, 0.717) is 46.3 Å². The molecule has 0 fully saturated rings. The molecule has 0 atom stereocenters. The molecule has 0 saturated carbocycles. The lowest BCUT2D eigenvalue weighted by molar-refractivity contribution is 0.0518. The Hall–Kier alpha value is -3.37. The monoisotopic (exact) mass is 508 g/mol. The highest BCUT2D eigenvalue weighted by atomic mass is 32.2. The van der Waals surface area contributed by atoms with Gasteiger partial charge in [0.05, 0.1) is 22.8 Å². The van der Waals surface area contributed by atoms with E-state index in [4.69, 9.17) is 4.74 Å². The summed E-state index contributed by atoms with van der Waals surface area (Å²) in [6, 6.07) is 16.6. The maximum absolute atomic E-state index is 13.6. The summed E-state index contributed by atoms with van der Waals surface area (Å²) in [6.07, 6.45) is 0.850. The summed E-state index contributed by atoms with van der Waals surface area (Å²) in [6.45, 7) is 3.91. The van der Waals surface area contributed by atoms with Gasteiger partial charge in [-0.3, -0.25) is 5.10 Å². The quantitative estimate of drug-likeness (QED) is 0.291. The Labute approximate surface area is 207 Å². The number of nitrogens with zero attached hydrogens (tertiary/aromatic N) is 3. The van der Waals surface area contributed by atoms with Crippen LogP contribution in [0.4, 0.5) is 0 Å². The number of nitrogens with one attached hydrogen (secondary N) is 1. The largest absolute Gasteiger partial charge is 0.461 e. The molecular formula is C25H24N4O4S2. The molecule has 2 aromatic heterocycles. The Morgan fingerprint density at radius 1 is 1.11 bits per heavy atom. The predicted octanol–water partition coefficient (Wildman–Crippen LogP) is 4.39. The Morgan fingerprint density at radius 2 is 1.86 bits per heavy atom. The molecule has 1 aliphatic carbocycles. The highest BCUT2D eigenvalue weighted by Crippen LogP contribution is 2.42. The van der Waals surface area contributed by atoms with Crippen molar-refractivity contribution in [3.05, 3.63) is 82.7 Å². The number of carbonyl (C=O) groups excluding carboxylic acids is 1. The molecule has 10 heteroatoms. The van der Waals surface area contributed by atoms with E-state index >= 15 is 0 Å². The lowest BCUT2D eigenvalue weighted by Gasteiger charge is -2.15. The molecule has 0 aliphatic heterocycles. The first-order valence-corrected chi connectivity index (χ1v) is 13.7. The van der Waals surface area contributed by atoms with Crippen molar-refractivity contribution in [2.45, 2.75) is 42.4 Å². The summed E-state index contributed by atoms with van der Waals surface area (Å²) in [4.78, 5) is 12.6. The molecule has 4 aromatic rings. The Kier molecular flexibility index (Phi) is 6.24. The van der Waals surface area contributed by atoms with Crippen molar-refractivity contribution in [1.82, 2.24) is 19.4 Å². The Morgan fingerprint density at radius 3 is 2.57 bits per heavy atom. The van der Waals surface area contributed by atoms with Crippen molar-refractivity contribution in [2.24, 2.45) is 0 Å². The normalized spacial score (nSPS) is 12.7. The van der Waals surface area contributed by atoms with Crippen LogP contribution in [0.3, 0.4) is 0 Å². The van der Waals surface area contributed by atoms with Crippen molar-refractivity contribution >= 4 is 27.8 Å². The van der Waals surface area contributed by atoms with E-state index in [1.54, 1.807) is 31.2 Å². The van der Waals surface area contributed by atoms with Gasteiger partial charge in [0.1, 0.15) is 16.4 Å². The zero-order chi connectivity index (χ0) is 24.6. The van der Waals surface area contributed by atoms with Crippen molar-refractivity contribution in [3.8, 4) is 11.3 Å². The number of aromatic nitrogens is 4. The van der Waals surface area contributed by atoms with Crippen LogP contribution in [0.1, 0.15) is 39.8 Å². The zero-order valence-electron chi connectivity index (χ0n) is 19.3. The van der Waals surface area contributed by atoms with Gasteiger partial charge in [-0.1, -0.05) is 59.8 Å². The molecule has 5 rings (SSSR count). The van der Waals surface area contributed by atoms with Gasteiger partial charge in [0.15, 0.2) is 0 Å². The number of fused-ring (bicyclic) bond motifs is 3. The average Bonchev–Trinajstić information content (AvgIpc) is 3.46. The van der Waals surface area contributed by atoms with Gasteiger partial charge in [0.25, 0.3) is 10.0 Å². The number of thioether (sulfide) groups is 1. The third-order valence-electron chi connectivity index (χ3n) is 5.88. The summed E-state index contributed by atoms with van der Waals surface area (Å²) >= 11 is 1.45. The predicted molar refractivity (Wildman–Crippen MR) is 133 cm³/mol. The second-order valence-corrected chi connectivity index (χ2v) is 10.9. The maximum Gasteiger partial charge on any atom is 0.356 e. The highest BCUT2D eigenvalue weighted by molar-refractivity contribution is 7.98. The minimum Gasteiger partial charge on any atom is -0.461 e. The summed E-state index contributed by atoms with van der Waals surface area (Å²) in [5.74, 6) is 0.141. The van der Waals surface area contributed by atoms with E-state index < -0.39 is 16.0 Å². The second kappa shape index (κ2) is 9.35. The van der Waals surface area contributed by atoms with E-state index in [1.165, 1.54) is 11.8 Å². The topological polar surface area (TPSA) is 107 Å². The molecular weight excluding hydrogens is 484 g/mol. The average molecular weight is 509 g/mol. The first-order chi connectivity index (χ1) is 16.9. The van der Waals surface area contributed by atoms with E-state index in [9.17, 15) is 13.2 Å². The third kappa shape index (κ3) is 4.28. The molecule has 2 heterocycles. The number of carbonyl (C=O) groups is 1. The van der Waals surface area contributed by atoms with Gasteiger partial charge in [-0.25, -0.2) is 4.79 Å². The Balaban J connectivity index is 1.63. The van der Waals surface area contributed by atoms with Crippen LogP contribution in [0, 0.1) is 6.92 Å². The van der Waals surface area contributed by atoms with Crippen LogP contribution in [0.2, 0.25) is 0 Å². The SMILES string of the molecule is CCOC(=O)c1[nH]nc2c1CCc1c-2c(SCc2ccccc2)nn1S(=O)(=O)c1ccc(C)cc1. The molecule has 8 nitrogen and oxygen atoms in total. The van der Waals surface area contributed by atoms with Gasteiger partial charge in [0, 0.05) is 11.3 Å². The molecule has 0 unspecified atom stereocenters. The number of esters is 1. The van der Waals surface area contributed by atoms with Gasteiger partial charge < -0.3 is 4.74 Å². The van der Waals surface area contributed by atoms with Crippen LogP contribution in [0.15, 0.2) is 64.5 Å². The van der Waals surface area contributed by atoms with E-state index in [2.05, 4.69) is 15.3 Å². The number of rotatable bonds is 7. The molecule has 0 bridgehead atoms. The summed E-state index contributed by atoms with van der Waals surface area (Å²) in [5.41, 5.74) is 4.86. The smallest absolute Gasteiger partial charge is 0.356 e. The third-order valence-corrected chi connectivity index (χ3v) is 8.54. The zero-order valence-corrected chi connectivity index (χ0v) is 20.9. The van der Waals surface area contributed by atoms with Crippen LogP contribution in [-0.4, -0.2) is 40.4 Å². The van der Waals surface area contributed by atoms with Gasteiger partial charge in [0.2, 0.25) is 0 Å². The highest BCUT2D eigenvalue weighted by Gasteiger charge is 2.35. The van der Waals surface area contributed by atoms with E-state index in [-0.39, 0.29) is 11.5 Å². The summed E-state index contributed by atoms with van der Waals surface area (Å²) in [7, 11) is -3.92. The second-order valence-electron chi connectivity index (χ2n) is 8.21. The Bertz CT molecular complexity index is 1490. The van der Waals surface area contributed by atoms with Crippen LogP contribution >= 0.6 is 11.8 Å². The number of hydrogen-bond donors (Lipinski definition) is 1. The minimum absolute atomic E-state index is 0.174. The fraction of sp³-hybridized carbons (Fsp3) is 0.240. The van der Waals surface area contributed by atoms with Crippen LogP contribution in [-0.2, 0) is 33.4 Å². The number of aromatic amines is 1. The van der Waals surface area contributed by atoms with Gasteiger partial charge in [-0.05, 0) is 44.4 Å². The number of H-pyrrole nitrogens is 1. The molecule has 35 heavy (non-hydrogen) atoms. The van der Waals surface area contributed by atoms with Crippen LogP contribution < -0.4 is 0 Å². The molecule has 0 radical (unpaired) electrons. The van der Waals surface area contributed by atoms with Crippen molar-refractivity contribution in [1.29, 1.82) is 0 Å². The van der Waals surface area contributed by atoms with Gasteiger partial charge >= 0.3 is 5.97 Å². The lowest BCUT2D eigenvalue weighted by Crippen LogP contribution is -2.19. The van der Waals surface area contributed by atoms with Gasteiger partial charge in [-0.2, -0.15) is 22.7 Å².